The summed E-state index contributed by atoms with van der Waals surface area (Å²) in [4.78, 5) is 21.9. The standard InChI is InChI=1S/C11H13N3O4/c1-18-6-8-2-7-4-12-5-11(15)13-9(7)3-10(8)14(16)17/h2-3,12H,4-6H2,1H3,(H,13,15). The second kappa shape index (κ2) is 5.11. The van der Waals surface area contributed by atoms with Gasteiger partial charge in [-0.1, -0.05) is 0 Å². The van der Waals surface area contributed by atoms with E-state index in [0.29, 0.717) is 17.8 Å². The summed E-state index contributed by atoms with van der Waals surface area (Å²) in [5.74, 6) is -0.206. The van der Waals surface area contributed by atoms with Crippen LogP contribution in [0.2, 0.25) is 0 Å². The summed E-state index contributed by atoms with van der Waals surface area (Å²) in [6.45, 7) is 0.850. The number of carbonyl (C=O) groups is 1. The zero-order chi connectivity index (χ0) is 13.1. The predicted octanol–water partition coefficient (Wildman–Crippen LogP) is 0.783. The molecule has 1 amide bonds. The zero-order valence-corrected chi connectivity index (χ0v) is 9.86. The summed E-state index contributed by atoms with van der Waals surface area (Å²) in [6, 6.07) is 3.07. The number of nitrogens with zero attached hydrogens (tertiary/aromatic N) is 1. The number of carbonyl (C=O) groups excluding carboxylic acids is 1. The Morgan fingerprint density at radius 3 is 2.89 bits per heavy atom. The first-order chi connectivity index (χ1) is 8.61. The Morgan fingerprint density at radius 1 is 1.44 bits per heavy atom. The van der Waals surface area contributed by atoms with E-state index in [-0.39, 0.29) is 24.7 Å². The third kappa shape index (κ3) is 2.47. The van der Waals surface area contributed by atoms with Crippen molar-refractivity contribution >= 4 is 17.3 Å². The van der Waals surface area contributed by atoms with Gasteiger partial charge in [-0.2, -0.15) is 0 Å². The van der Waals surface area contributed by atoms with Gasteiger partial charge in [0, 0.05) is 19.7 Å². The second-order valence-electron chi connectivity index (χ2n) is 3.98. The van der Waals surface area contributed by atoms with Gasteiger partial charge in [0.05, 0.1) is 29.3 Å². The zero-order valence-electron chi connectivity index (χ0n) is 9.86. The molecule has 0 saturated heterocycles. The van der Waals surface area contributed by atoms with Crippen molar-refractivity contribution in [2.75, 3.05) is 19.0 Å². The molecule has 7 nitrogen and oxygen atoms in total. The number of hydrogen-bond donors (Lipinski definition) is 2. The predicted molar refractivity (Wildman–Crippen MR) is 64.1 cm³/mol. The molecule has 0 aliphatic carbocycles. The number of hydrogen-bond acceptors (Lipinski definition) is 5. The number of ether oxygens (including phenoxy) is 1. The average Bonchev–Trinajstić information content (AvgIpc) is 2.48. The maximum Gasteiger partial charge on any atom is 0.277 e. The van der Waals surface area contributed by atoms with Gasteiger partial charge in [-0.3, -0.25) is 14.9 Å². The van der Waals surface area contributed by atoms with Crippen LogP contribution in [0.4, 0.5) is 11.4 Å². The lowest BCUT2D eigenvalue weighted by molar-refractivity contribution is -0.385. The van der Waals surface area contributed by atoms with E-state index >= 15 is 0 Å². The van der Waals surface area contributed by atoms with E-state index in [1.165, 1.54) is 13.2 Å². The van der Waals surface area contributed by atoms with Crippen LogP contribution in [0.15, 0.2) is 12.1 Å². The number of nitrogens with one attached hydrogen (secondary N) is 2. The highest BCUT2D eigenvalue weighted by Gasteiger charge is 2.20. The number of benzene rings is 1. The minimum atomic E-state index is -0.473. The van der Waals surface area contributed by atoms with E-state index in [9.17, 15) is 14.9 Å². The Kier molecular flexibility index (Phi) is 3.54. The molecule has 1 aliphatic rings. The number of anilines is 1. The number of rotatable bonds is 3. The first-order valence-electron chi connectivity index (χ1n) is 5.41. The van der Waals surface area contributed by atoms with E-state index in [1.807, 2.05) is 0 Å². The molecule has 0 fully saturated rings. The fourth-order valence-electron chi connectivity index (χ4n) is 1.89. The van der Waals surface area contributed by atoms with Crippen LogP contribution in [0.3, 0.4) is 0 Å². The SMILES string of the molecule is COCc1cc2c(cc1[N+](=O)[O-])NC(=O)CNC2. The van der Waals surface area contributed by atoms with Crippen molar-refractivity contribution in [3.05, 3.63) is 33.4 Å². The van der Waals surface area contributed by atoms with Crippen molar-refractivity contribution in [1.82, 2.24) is 5.32 Å². The molecular formula is C11H13N3O4. The summed E-state index contributed by atoms with van der Waals surface area (Å²) in [5, 5.41) is 16.6. The molecule has 0 saturated carbocycles. The lowest BCUT2D eigenvalue weighted by atomic mass is 10.1. The van der Waals surface area contributed by atoms with Crippen molar-refractivity contribution < 1.29 is 14.5 Å². The van der Waals surface area contributed by atoms with Gasteiger partial charge in [0.15, 0.2) is 0 Å². The van der Waals surface area contributed by atoms with Crippen LogP contribution in [-0.2, 0) is 22.7 Å². The maximum atomic E-state index is 11.4. The van der Waals surface area contributed by atoms with Crippen LogP contribution in [0.1, 0.15) is 11.1 Å². The first kappa shape index (κ1) is 12.5. The molecule has 18 heavy (non-hydrogen) atoms. The Balaban J connectivity index is 2.48. The highest BCUT2D eigenvalue weighted by Crippen LogP contribution is 2.28. The van der Waals surface area contributed by atoms with Gasteiger partial charge in [0.25, 0.3) is 5.69 Å². The molecule has 0 atom stereocenters. The summed E-state index contributed by atoms with van der Waals surface area (Å²) in [7, 11) is 1.48. The molecule has 1 heterocycles. The number of nitro benzene ring substituents is 1. The van der Waals surface area contributed by atoms with Crippen molar-refractivity contribution in [2.45, 2.75) is 13.2 Å². The largest absolute Gasteiger partial charge is 0.380 e. The van der Waals surface area contributed by atoms with Crippen LogP contribution < -0.4 is 10.6 Å². The van der Waals surface area contributed by atoms with Crippen LogP contribution in [0.5, 0.6) is 0 Å². The quantitative estimate of drug-likeness (QED) is 0.611. The van der Waals surface area contributed by atoms with Crippen LogP contribution in [0.25, 0.3) is 0 Å². The fraction of sp³-hybridized carbons (Fsp3) is 0.364. The Bertz CT molecular complexity index is 501. The molecule has 1 aromatic carbocycles. The number of fused-ring (bicyclic) bond motifs is 1. The molecular weight excluding hydrogens is 238 g/mol. The minimum absolute atomic E-state index is 0.0437. The van der Waals surface area contributed by atoms with Crippen molar-refractivity contribution in [3.8, 4) is 0 Å². The fourth-order valence-corrected chi connectivity index (χ4v) is 1.89. The molecule has 2 N–H and O–H groups in total. The van der Waals surface area contributed by atoms with Gasteiger partial charge in [-0.15, -0.1) is 0 Å². The van der Waals surface area contributed by atoms with Crippen molar-refractivity contribution in [3.63, 3.8) is 0 Å². The molecule has 96 valence electrons. The van der Waals surface area contributed by atoms with Gasteiger partial charge >= 0.3 is 0 Å². The van der Waals surface area contributed by atoms with Gasteiger partial charge in [-0.25, -0.2) is 0 Å². The maximum absolute atomic E-state index is 11.4. The number of nitro groups is 1. The third-order valence-electron chi connectivity index (χ3n) is 2.68. The average molecular weight is 251 g/mol. The van der Waals surface area contributed by atoms with E-state index in [2.05, 4.69) is 10.6 Å². The normalized spacial score (nSPS) is 14.6. The molecule has 2 rings (SSSR count). The van der Waals surface area contributed by atoms with Crippen molar-refractivity contribution in [1.29, 1.82) is 0 Å². The highest BCUT2D eigenvalue weighted by atomic mass is 16.6. The van der Waals surface area contributed by atoms with Gasteiger partial charge in [0.1, 0.15) is 0 Å². The Labute approximate surface area is 103 Å². The molecule has 0 unspecified atom stereocenters. The second-order valence-corrected chi connectivity index (χ2v) is 3.98. The minimum Gasteiger partial charge on any atom is -0.380 e. The Morgan fingerprint density at radius 2 is 2.22 bits per heavy atom. The molecule has 1 aliphatic heterocycles. The van der Waals surface area contributed by atoms with E-state index in [1.54, 1.807) is 6.07 Å². The molecule has 7 heteroatoms. The summed E-state index contributed by atoms with van der Waals surface area (Å²) in [5.41, 5.74) is 1.76. The van der Waals surface area contributed by atoms with Crippen molar-refractivity contribution in [2.24, 2.45) is 0 Å². The van der Waals surface area contributed by atoms with E-state index in [0.717, 1.165) is 5.56 Å². The van der Waals surface area contributed by atoms with E-state index < -0.39 is 4.92 Å². The number of methoxy groups -OCH3 is 1. The molecule has 0 radical (unpaired) electrons. The van der Waals surface area contributed by atoms with Crippen LogP contribution in [0, 0.1) is 10.1 Å². The smallest absolute Gasteiger partial charge is 0.277 e. The lowest BCUT2D eigenvalue weighted by Gasteiger charge is -2.09. The Hall–Kier alpha value is -1.99. The first-order valence-corrected chi connectivity index (χ1v) is 5.41. The summed E-state index contributed by atoms with van der Waals surface area (Å²) < 4.78 is 4.95. The summed E-state index contributed by atoms with van der Waals surface area (Å²) >= 11 is 0. The molecule has 0 bridgehead atoms. The van der Waals surface area contributed by atoms with E-state index in [4.69, 9.17) is 4.74 Å². The lowest BCUT2D eigenvalue weighted by Crippen LogP contribution is -2.23. The van der Waals surface area contributed by atoms with Gasteiger partial charge in [0.2, 0.25) is 5.91 Å². The molecule has 1 aromatic rings. The number of amides is 1. The van der Waals surface area contributed by atoms with Crippen LogP contribution >= 0.6 is 0 Å². The van der Waals surface area contributed by atoms with Crippen LogP contribution in [-0.4, -0.2) is 24.5 Å². The third-order valence-corrected chi connectivity index (χ3v) is 2.68. The van der Waals surface area contributed by atoms with Gasteiger partial charge in [-0.05, 0) is 11.6 Å². The molecule has 0 spiro atoms. The topological polar surface area (TPSA) is 93.5 Å². The summed E-state index contributed by atoms with van der Waals surface area (Å²) in [6.07, 6.45) is 0. The highest BCUT2D eigenvalue weighted by molar-refractivity contribution is 5.94. The molecule has 0 aromatic heterocycles. The monoisotopic (exact) mass is 251 g/mol. The van der Waals surface area contributed by atoms with Gasteiger partial charge < -0.3 is 15.4 Å².